The van der Waals surface area contributed by atoms with Crippen molar-refractivity contribution in [1.29, 1.82) is 0 Å². The van der Waals surface area contributed by atoms with Crippen LogP contribution in [0.5, 0.6) is 0 Å². The number of anilines is 3. The number of amides is 1. The lowest BCUT2D eigenvalue weighted by molar-refractivity contribution is 0.0996. The topological polar surface area (TPSA) is 190 Å². The standard InChI is InChI=1S/C18H23N9O3S/c19-12-4-7-31(29,30)10-14(12)24-11-8-13(17(18(20)28)21-9-11)25-15-2-1-3-16(26-15)27-22-5-6-23-27/h1-3,5-6,8-9,12,14,24,29-30H,4,7,10,19H2,(H2,20,28)(H,25,26)/t12-,14+/m1/s1. The summed E-state index contributed by atoms with van der Waals surface area (Å²) >= 11 is 0. The molecule has 13 heteroatoms. The van der Waals surface area contributed by atoms with E-state index < -0.39 is 16.5 Å². The number of hydrogen-bond donors (Lipinski definition) is 6. The second-order valence-corrected chi connectivity index (χ2v) is 9.53. The third-order valence-corrected chi connectivity index (χ3v) is 6.62. The summed E-state index contributed by atoms with van der Waals surface area (Å²) in [6, 6.07) is 6.27. The van der Waals surface area contributed by atoms with E-state index in [9.17, 15) is 13.9 Å². The molecule has 0 saturated carbocycles. The Morgan fingerprint density at radius 3 is 2.77 bits per heavy atom. The Kier molecular flexibility index (Phi) is 5.73. The summed E-state index contributed by atoms with van der Waals surface area (Å²) in [5, 5.41) is 14.3. The van der Waals surface area contributed by atoms with Gasteiger partial charge < -0.3 is 22.1 Å². The highest BCUT2D eigenvalue weighted by Gasteiger charge is 2.31. The molecule has 0 aromatic carbocycles. The molecule has 164 valence electrons. The molecule has 4 heterocycles. The van der Waals surface area contributed by atoms with Gasteiger partial charge in [-0.25, -0.2) is 9.97 Å². The van der Waals surface area contributed by atoms with Crippen molar-refractivity contribution in [2.75, 3.05) is 22.1 Å². The number of pyridine rings is 2. The third-order valence-electron chi connectivity index (χ3n) is 4.84. The van der Waals surface area contributed by atoms with Crippen molar-refractivity contribution in [2.45, 2.75) is 18.5 Å². The molecule has 0 radical (unpaired) electrons. The molecule has 31 heavy (non-hydrogen) atoms. The monoisotopic (exact) mass is 445 g/mol. The molecule has 4 rings (SSSR count). The number of rotatable bonds is 6. The number of primary amides is 1. The zero-order valence-electron chi connectivity index (χ0n) is 16.4. The highest BCUT2D eigenvalue weighted by atomic mass is 32.3. The number of hydrogen-bond acceptors (Lipinski definition) is 10. The molecule has 8 N–H and O–H groups in total. The fraction of sp³-hybridized carbons (Fsp3) is 0.278. The normalized spacial score (nSPS) is 21.3. The number of carbonyl (C=O) groups excluding carboxylic acids is 1. The summed E-state index contributed by atoms with van der Waals surface area (Å²) in [6.07, 6.45) is 5.03. The van der Waals surface area contributed by atoms with Gasteiger partial charge in [0.15, 0.2) is 11.5 Å². The Labute approximate surface area is 179 Å². The Bertz CT molecular complexity index is 1080. The van der Waals surface area contributed by atoms with Gasteiger partial charge in [-0.2, -0.15) is 20.8 Å². The first-order valence-electron chi connectivity index (χ1n) is 9.47. The summed E-state index contributed by atoms with van der Waals surface area (Å²) in [5.74, 6) is 0.652. The van der Waals surface area contributed by atoms with Gasteiger partial charge in [0.05, 0.1) is 41.8 Å². The summed E-state index contributed by atoms with van der Waals surface area (Å²) in [7, 11) is -2.67. The van der Waals surface area contributed by atoms with Crippen molar-refractivity contribution in [3.05, 3.63) is 48.5 Å². The van der Waals surface area contributed by atoms with Gasteiger partial charge in [-0.3, -0.25) is 13.9 Å². The molecular formula is C18H23N9O3S. The van der Waals surface area contributed by atoms with Crippen molar-refractivity contribution < 1.29 is 13.9 Å². The Balaban J connectivity index is 1.60. The van der Waals surface area contributed by atoms with E-state index >= 15 is 0 Å². The molecule has 1 aliphatic rings. The fourth-order valence-electron chi connectivity index (χ4n) is 3.29. The predicted molar refractivity (Wildman–Crippen MR) is 118 cm³/mol. The number of nitrogens with zero attached hydrogens (tertiary/aromatic N) is 5. The van der Waals surface area contributed by atoms with Crippen molar-refractivity contribution in [2.24, 2.45) is 11.5 Å². The van der Waals surface area contributed by atoms with Crippen LogP contribution in [0.15, 0.2) is 42.9 Å². The fourth-order valence-corrected chi connectivity index (χ4v) is 5.02. The van der Waals surface area contributed by atoms with Gasteiger partial charge in [-0.15, -0.1) is 4.80 Å². The van der Waals surface area contributed by atoms with Gasteiger partial charge in [-0.05, 0) is 24.6 Å². The molecule has 0 unspecified atom stereocenters. The smallest absolute Gasteiger partial charge is 0.269 e. The maximum atomic E-state index is 11.9. The average Bonchev–Trinajstić information content (AvgIpc) is 3.26. The molecule has 2 atom stereocenters. The minimum absolute atomic E-state index is 0.0344. The van der Waals surface area contributed by atoms with Crippen LogP contribution in [0.1, 0.15) is 16.9 Å². The molecule has 3 aromatic heterocycles. The second kappa shape index (κ2) is 8.47. The van der Waals surface area contributed by atoms with E-state index in [0.29, 0.717) is 35.2 Å². The highest BCUT2D eigenvalue weighted by Crippen LogP contribution is 2.44. The zero-order chi connectivity index (χ0) is 22.0. The van der Waals surface area contributed by atoms with Crippen LogP contribution in [-0.2, 0) is 0 Å². The van der Waals surface area contributed by atoms with Crippen molar-refractivity contribution >= 4 is 33.7 Å². The molecule has 0 bridgehead atoms. The first kappa shape index (κ1) is 21.0. The number of carbonyl (C=O) groups is 1. The Morgan fingerprint density at radius 2 is 2.03 bits per heavy atom. The van der Waals surface area contributed by atoms with Crippen LogP contribution in [0.25, 0.3) is 5.82 Å². The second-order valence-electron chi connectivity index (χ2n) is 7.19. The molecule has 1 saturated heterocycles. The number of aromatic nitrogens is 5. The van der Waals surface area contributed by atoms with Gasteiger partial charge in [0.25, 0.3) is 5.91 Å². The Hall–Kier alpha value is -3.26. The van der Waals surface area contributed by atoms with E-state index in [1.165, 1.54) is 23.4 Å². The Morgan fingerprint density at radius 1 is 1.26 bits per heavy atom. The lowest BCUT2D eigenvalue weighted by atomic mass is 10.1. The number of nitrogens with two attached hydrogens (primary N) is 2. The SMILES string of the molecule is NC(=O)c1ncc(N[C@H]2CS(O)(O)CC[C@H]2N)cc1Nc1cccc(-n2nccn2)n1. The average molecular weight is 446 g/mol. The van der Waals surface area contributed by atoms with E-state index in [2.05, 4.69) is 30.8 Å². The maximum absolute atomic E-state index is 11.9. The molecule has 1 amide bonds. The molecule has 1 aliphatic heterocycles. The van der Waals surface area contributed by atoms with Crippen molar-refractivity contribution in [3.63, 3.8) is 0 Å². The first-order chi connectivity index (χ1) is 14.8. The lowest BCUT2D eigenvalue weighted by Gasteiger charge is -2.43. The largest absolute Gasteiger partial charge is 0.378 e. The van der Waals surface area contributed by atoms with Crippen molar-refractivity contribution in [3.8, 4) is 5.82 Å². The maximum Gasteiger partial charge on any atom is 0.269 e. The van der Waals surface area contributed by atoms with Crippen molar-refractivity contribution in [1.82, 2.24) is 25.0 Å². The highest BCUT2D eigenvalue weighted by molar-refractivity contribution is 8.24. The first-order valence-corrected chi connectivity index (χ1v) is 11.4. The van der Waals surface area contributed by atoms with E-state index in [1.54, 1.807) is 24.3 Å². The van der Waals surface area contributed by atoms with E-state index in [-0.39, 0.29) is 23.5 Å². The quantitative estimate of drug-likeness (QED) is 0.321. The van der Waals surface area contributed by atoms with Crippen LogP contribution < -0.4 is 22.1 Å². The van der Waals surface area contributed by atoms with E-state index in [0.717, 1.165) is 0 Å². The molecule has 0 aliphatic carbocycles. The van der Waals surface area contributed by atoms with Crippen LogP contribution in [0.2, 0.25) is 0 Å². The van der Waals surface area contributed by atoms with Gasteiger partial charge in [0.2, 0.25) is 0 Å². The van der Waals surface area contributed by atoms with Crippen LogP contribution in [0.3, 0.4) is 0 Å². The summed E-state index contributed by atoms with van der Waals surface area (Å²) in [6.45, 7) is 0. The summed E-state index contributed by atoms with van der Waals surface area (Å²) in [5.41, 5.74) is 12.5. The van der Waals surface area contributed by atoms with E-state index in [4.69, 9.17) is 11.5 Å². The lowest BCUT2D eigenvalue weighted by Crippen LogP contribution is -2.48. The molecule has 0 spiro atoms. The molecule has 1 fully saturated rings. The minimum Gasteiger partial charge on any atom is -0.378 e. The van der Waals surface area contributed by atoms with Crippen LogP contribution in [0, 0.1) is 0 Å². The minimum atomic E-state index is -2.67. The van der Waals surface area contributed by atoms with Gasteiger partial charge in [0.1, 0.15) is 5.82 Å². The van der Waals surface area contributed by atoms with Crippen LogP contribution in [0.4, 0.5) is 17.2 Å². The molecule has 3 aromatic rings. The van der Waals surface area contributed by atoms with E-state index in [1.807, 2.05) is 0 Å². The number of nitrogens with one attached hydrogen (secondary N) is 2. The van der Waals surface area contributed by atoms with Crippen LogP contribution in [-0.4, -0.2) is 63.6 Å². The summed E-state index contributed by atoms with van der Waals surface area (Å²) in [4.78, 5) is 21.8. The predicted octanol–water partition coefficient (Wildman–Crippen LogP) is 1.16. The van der Waals surface area contributed by atoms with Crippen LogP contribution >= 0.6 is 10.6 Å². The zero-order valence-corrected chi connectivity index (χ0v) is 17.2. The molecule has 12 nitrogen and oxygen atoms in total. The third kappa shape index (κ3) is 4.91. The molecular weight excluding hydrogens is 422 g/mol. The summed E-state index contributed by atoms with van der Waals surface area (Å²) < 4.78 is 20.1. The van der Waals surface area contributed by atoms with Gasteiger partial charge >= 0.3 is 0 Å². The van der Waals surface area contributed by atoms with Gasteiger partial charge in [-0.1, -0.05) is 6.07 Å². The van der Waals surface area contributed by atoms with Gasteiger partial charge in [0, 0.05) is 11.8 Å².